The fourth-order valence-corrected chi connectivity index (χ4v) is 14.0. The molecule has 0 aromatic heterocycles. The van der Waals surface area contributed by atoms with Crippen LogP contribution in [0.5, 0.6) is 0 Å². The fraction of sp³-hybridized carbons (Fsp3) is 0.950. The summed E-state index contributed by atoms with van der Waals surface area (Å²) in [6, 6.07) is -5.68. The first-order valence-corrected chi connectivity index (χ1v) is 34.5. The Morgan fingerprint density at radius 1 is 0.259 bits per heavy atom. The zero-order valence-electron chi connectivity index (χ0n) is 58.0. The van der Waals surface area contributed by atoms with Gasteiger partial charge in [0.15, 0.2) is 56.6 Å². The molecule has 0 aromatic rings. The Balaban J connectivity index is 0.963. The summed E-state index contributed by atoms with van der Waals surface area (Å²) in [6.45, 7) is -4.44. The molecule has 0 bridgehead atoms. The number of hydrogen-bond donors (Lipinski definition) is 28. The maximum absolute atomic E-state index is 13.1. The number of nitrogens with one attached hydrogen (secondary N) is 3. The van der Waals surface area contributed by atoms with Crippen LogP contribution in [0.25, 0.3) is 0 Å². The van der Waals surface area contributed by atoms with Crippen molar-refractivity contribution >= 4 is 17.7 Å². The van der Waals surface area contributed by atoms with Gasteiger partial charge in [-0.1, -0.05) is 0 Å². The van der Waals surface area contributed by atoms with Crippen molar-refractivity contribution in [2.45, 2.75) is 304 Å². The van der Waals surface area contributed by atoms with E-state index >= 15 is 0 Å². The minimum atomic E-state index is -2.38. The van der Waals surface area contributed by atoms with E-state index in [9.17, 15) is 142 Å². The Kier molecular flexibility index (Phi) is 31.6. The molecular formula is C60H101N3O45. The van der Waals surface area contributed by atoms with Gasteiger partial charge in [0.05, 0.1) is 59.0 Å². The predicted molar refractivity (Wildman–Crippen MR) is 330 cm³/mol. The van der Waals surface area contributed by atoms with E-state index in [2.05, 4.69) is 16.0 Å². The van der Waals surface area contributed by atoms with Gasteiger partial charge in [0.2, 0.25) is 17.7 Å². The molecule has 48 nitrogen and oxygen atoms in total. The van der Waals surface area contributed by atoms with Gasteiger partial charge in [-0.25, -0.2) is 0 Å². The van der Waals surface area contributed by atoms with E-state index < -0.39 is 347 Å². The van der Waals surface area contributed by atoms with Crippen LogP contribution in [-0.2, 0) is 94.9 Å². The van der Waals surface area contributed by atoms with Crippen LogP contribution in [0.3, 0.4) is 0 Å². The van der Waals surface area contributed by atoms with Gasteiger partial charge in [-0.15, -0.1) is 0 Å². The molecule has 9 saturated heterocycles. The number of carbonyl (C=O) groups excluding carboxylic acids is 3. The van der Waals surface area contributed by atoms with Crippen LogP contribution in [0.15, 0.2) is 0 Å². The van der Waals surface area contributed by atoms with Crippen molar-refractivity contribution in [3.8, 4) is 0 Å². The molecule has 0 aromatic carbocycles. The lowest BCUT2D eigenvalue weighted by molar-refractivity contribution is -0.390. The first-order chi connectivity index (χ1) is 51.1. The topological polar surface area (TPSA) is 750 Å². The van der Waals surface area contributed by atoms with Crippen LogP contribution in [0, 0.1) is 0 Å². The van der Waals surface area contributed by atoms with Crippen LogP contribution in [0.4, 0.5) is 0 Å². The average Bonchev–Trinajstić information content (AvgIpc) is 0.775. The highest BCUT2D eigenvalue weighted by atomic mass is 16.8. The molecular weight excluding hydrogens is 1480 g/mol. The van der Waals surface area contributed by atoms with Crippen LogP contribution in [-0.4, -0.2) is 474 Å². The van der Waals surface area contributed by atoms with E-state index in [0.717, 1.165) is 20.8 Å². The number of aliphatic hydroxyl groups excluding tert-OH is 25. The van der Waals surface area contributed by atoms with Gasteiger partial charge >= 0.3 is 0 Å². The first-order valence-electron chi connectivity index (χ1n) is 34.5. The minimum absolute atomic E-state index is 0.927. The summed E-state index contributed by atoms with van der Waals surface area (Å²) in [4.78, 5) is 39.0. The smallest absolute Gasteiger partial charge is 0.217 e. The summed E-state index contributed by atoms with van der Waals surface area (Å²) in [5, 5.41) is 282. The molecule has 9 fully saturated rings. The van der Waals surface area contributed by atoms with E-state index in [0.29, 0.717) is 0 Å². The van der Waals surface area contributed by atoms with Crippen LogP contribution in [0.2, 0.25) is 0 Å². The van der Waals surface area contributed by atoms with E-state index in [1.54, 1.807) is 0 Å². The fourth-order valence-electron chi connectivity index (χ4n) is 14.0. The van der Waals surface area contributed by atoms with Gasteiger partial charge in [-0.2, -0.15) is 0 Å². The molecule has 108 heavy (non-hydrogen) atoms. The largest absolute Gasteiger partial charge is 0.394 e. The Bertz CT molecular complexity index is 2820. The zero-order chi connectivity index (χ0) is 79.5. The Hall–Kier alpha value is -3.27. The molecule has 9 rings (SSSR count). The van der Waals surface area contributed by atoms with E-state index in [-0.39, 0.29) is 0 Å². The Morgan fingerprint density at radius 3 is 1.03 bits per heavy atom. The van der Waals surface area contributed by atoms with Crippen LogP contribution in [0.1, 0.15) is 27.7 Å². The average molecular weight is 1580 g/mol. The molecule has 42 unspecified atom stereocenters. The Labute approximate surface area is 611 Å². The number of aliphatic hydroxyl groups is 25. The van der Waals surface area contributed by atoms with Gasteiger partial charge in [-0.3, -0.25) is 14.4 Å². The minimum Gasteiger partial charge on any atom is -0.394 e. The number of carbonyl (C=O) groups is 3. The zero-order valence-corrected chi connectivity index (χ0v) is 58.0. The predicted octanol–water partition coefficient (Wildman–Crippen LogP) is -19.2. The molecule has 3 amide bonds. The number of hydrogen-bond acceptors (Lipinski definition) is 45. The van der Waals surface area contributed by atoms with Crippen molar-refractivity contribution in [2.24, 2.45) is 0 Å². The van der Waals surface area contributed by atoms with Gasteiger partial charge < -0.3 is 224 Å². The third-order valence-corrected chi connectivity index (χ3v) is 19.9. The molecule has 0 radical (unpaired) electrons. The van der Waals surface area contributed by atoms with E-state index in [4.69, 9.17) is 80.5 Å². The van der Waals surface area contributed by atoms with Crippen molar-refractivity contribution in [2.75, 3.05) is 52.9 Å². The second kappa shape index (κ2) is 38.5. The summed E-state index contributed by atoms with van der Waals surface area (Å²) < 4.78 is 99.6. The lowest BCUT2D eigenvalue weighted by Crippen LogP contribution is -2.71. The number of amides is 3. The molecule has 0 saturated carbocycles. The second-order valence-electron chi connectivity index (χ2n) is 27.4. The van der Waals surface area contributed by atoms with Crippen molar-refractivity contribution in [1.82, 2.24) is 16.0 Å². The highest BCUT2D eigenvalue weighted by molar-refractivity contribution is 5.74. The number of ether oxygens (including phenoxy) is 17. The molecule has 9 aliphatic rings. The maximum atomic E-state index is 13.1. The first kappa shape index (κ1) is 88.7. The van der Waals surface area contributed by atoms with Crippen molar-refractivity contribution in [1.29, 1.82) is 0 Å². The highest BCUT2D eigenvalue weighted by Crippen LogP contribution is 2.40. The summed E-state index contributed by atoms with van der Waals surface area (Å²) in [5.41, 5.74) is 0. The van der Waals surface area contributed by atoms with Gasteiger partial charge in [0, 0.05) is 20.8 Å². The maximum Gasteiger partial charge on any atom is 0.217 e. The molecule has 626 valence electrons. The molecule has 28 N–H and O–H groups in total. The van der Waals surface area contributed by atoms with Crippen molar-refractivity contribution in [3.63, 3.8) is 0 Å². The standard InChI is InChI=1S/C60H101N3O45/c1-13-28(74)36(82)41(87)56(93-13)108-51-38(84)30(76)18(6-65)99-60(51)105-48-27(63-16(4)73)55(96-20(8-67)32(48)78)106-49-33(79)21(9-68)98-58(43(49)89)102-45-23(11-70)100-53(25(35(45)81)61-14(2)71)92-12-24-34(80)50(44(90)59(101-24)103-46-22(10-69)94-52(91)40(86)39(46)85)107-54-26(62-15(3)72)47(31(77)19(7-66)95-54)104-57-42(88)37(83)29(75)17(5-64)97-57/h13,17-60,64-70,74-91H,5-12H2,1-4H3,(H,61,71)(H,62,72)(H,63,73)/t13?,17?,18?,19?,20?,21?,22?,23?,24?,25?,26?,27?,28-,29?,30?,31?,32?,33?,34?,35?,36+,37?,38?,39?,40?,41?,42?,43?,44?,45?,46?,47?,48?,49?,50?,51?,52?,53?,54?,55?,56+,57?,58?,59?,60?/m1/s1. The van der Waals surface area contributed by atoms with Crippen molar-refractivity contribution in [3.05, 3.63) is 0 Å². The van der Waals surface area contributed by atoms with Gasteiger partial charge in [0.1, 0.15) is 213 Å². The lowest BCUT2D eigenvalue weighted by atomic mass is 9.94. The quantitative estimate of drug-likeness (QED) is 0.0363. The van der Waals surface area contributed by atoms with Crippen LogP contribution >= 0.6 is 0 Å². The van der Waals surface area contributed by atoms with E-state index in [1.807, 2.05) is 0 Å². The molecule has 45 atom stereocenters. The third kappa shape index (κ3) is 19.1. The summed E-state index contributed by atoms with van der Waals surface area (Å²) >= 11 is 0. The lowest BCUT2D eigenvalue weighted by Gasteiger charge is -2.51. The third-order valence-electron chi connectivity index (χ3n) is 19.9. The highest BCUT2D eigenvalue weighted by Gasteiger charge is 2.61. The van der Waals surface area contributed by atoms with E-state index in [1.165, 1.54) is 6.92 Å². The molecule has 48 heteroatoms. The summed E-state index contributed by atoms with van der Waals surface area (Å²) in [5.74, 6) is -2.80. The normalized spacial score (nSPS) is 50.4. The molecule has 9 heterocycles. The summed E-state index contributed by atoms with van der Waals surface area (Å²) in [7, 11) is 0. The SMILES string of the molecule is CC(=O)NC1C(OCC2OC(OC3C(CO)OC(O)C(O)C3O)C(O)C(OC3OC(CO)C(O)C(OC4OC(CO)C(O)C(O)C4O)C3NC(C)=O)C2O)OC(CO)C(OC2OC(CO)C(O)C(OC3OC(CO)C(O)C(OC4OC(CO)C(O)C(O)C4O[C@@H]4OC(C)[C@@H](O)[C@H](O)C4O)C3NC(C)=O)C2O)C1O. The second-order valence-corrected chi connectivity index (χ2v) is 27.4. The summed E-state index contributed by atoms with van der Waals surface area (Å²) in [6.07, 6.45) is -84.6. The molecule has 0 aliphatic carbocycles. The molecule has 0 spiro atoms. The monoisotopic (exact) mass is 1580 g/mol. The van der Waals surface area contributed by atoms with Crippen molar-refractivity contribution < 1.29 is 223 Å². The molecule has 9 aliphatic heterocycles. The van der Waals surface area contributed by atoms with Gasteiger partial charge in [0.25, 0.3) is 0 Å². The van der Waals surface area contributed by atoms with Gasteiger partial charge in [-0.05, 0) is 6.92 Å². The number of rotatable bonds is 27. The van der Waals surface area contributed by atoms with Crippen LogP contribution < -0.4 is 16.0 Å². The Morgan fingerprint density at radius 2 is 0.565 bits per heavy atom.